The van der Waals surface area contributed by atoms with Gasteiger partial charge in [-0.1, -0.05) is 18.2 Å². The molecule has 0 radical (unpaired) electrons. The molecule has 0 saturated heterocycles. The van der Waals surface area contributed by atoms with Crippen molar-refractivity contribution in [1.29, 1.82) is 0 Å². The lowest BCUT2D eigenvalue weighted by Gasteiger charge is -2.23. The van der Waals surface area contributed by atoms with Crippen molar-refractivity contribution < 1.29 is 43.0 Å². The van der Waals surface area contributed by atoms with Gasteiger partial charge >= 0.3 is 0 Å². The Morgan fingerprint density at radius 1 is 0.920 bits per heavy atom. The van der Waals surface area contributed by atoms with E-state index in [2.05, 4.69) is 74.1 Å². The number of pyridine rings is 1. The van der Waals surface area contributed by atoms with Crippen LogP contribution >= 0.6 is 0 Å². The topological polar surface area (TPSA) is 19.7 Å². The van der Waals surface area contributed by atoms with E-state index in [0.29, 0.717) is 0 Å². The highest BCUT2D eigenvalue weighted by atomic mass is 79.9. The van der Waals surface area contributed by atoms with Gasteiger partial charge in [0.1, 0.15) is 12.1 Å². The number of nitrogens with one attached hydrogen (secondary N) is 1. The molecule has 2 heterocycles. The van der Waals surface area contributed by atoms with Crippen molar-refractivity contribution in [1.82, 2.24) is 4.98 Å². The molecule has 0 bridgehead atoms. The van der Waals surface area contributed by atoms with E-state index >= 15 is 0 Å². The standard InChI is InChI=1S/C20H28N3.2BrH/c1-16-20-18(17-10-6-7-11-19(17)21-20)12-14-22(16)13-8-5-9-15-23(2,3)4;;/h6-7,10-12,14H,5,8-9,13,15H2,1-4H3;2*1H/q+1;;/p-1. The van der Waals surface area contributed by atoms with Crippen LogP contribution in [0.2, 0.25) is 0 Å². The molecule has 0 unspecified atom stereocenters. The molecule has 25 heavy (non-hydrogen) atoms. The second-order valence-corrected chi connectivity index (χ2v) is 7.63. The van der Waals surface area contributed by atoms with Crippen LogP contribution in [0.1, 0.15) is 25.0 Å². The summed E-state index contributed by atoms with van der Waals surface area (Å²) >= 11 is 0. The molecule has 5 heteroatoms. The summed E-state index contributed by atoms with van der Waals surface area (Å²) in [6.07, 6.45) is 6.10. The number of hydrogen-bond donors (Lipinski definition) is 1. The Morgan fingerprint density at radius 2 is 1.64 bits per heavy atom. The van der Waals surface area contributed by atoms with Crippen molar-refractivity contribution in [2.24, 2.45) is 0 Å². The van der Waals surface area contributed by atoms with Gasteiger partial charge in [-0.3, -0.25) is 0 Å². The lowest BCUT2D eigenvalue weighted by Crippen LogP contribution is -3.00. The van der Waals surface area contributed by atoms with Crippen LogP contribution in [-0.2, 0) is 6.54 Å². The molecule has 1 N–H and O–H groups in total. The number of aromatic nitrogens is 2. The predicted octanol–water partition coefficient (Wildman–Crippen LogP) is -2.20. The Morgan fingerprint density at radius 3 is 2.36 bits per heavy atom. The predicted molar refractivity (Wildman–Crippen MR) is 97.5 cm³/mol. The zero-order valence-electron chi connectivity index (χ0n) is 15.6. The molecule has 0 aliphatic carbocycles. The number of rotatable bonds is 6. The zero-order chi connectivity index (χ0) is 16.4. The van der Waals surface area contributed by atoms with Crippen LogP contribution in [0, 0.1) is 6.92 Å². The highest BCUT2D eigenvalue weighted by Crippen LogP contribution is 2.25. The average molecular weight is 471 g/mol. The van der Waals surface area contributed by atoms with E-state index in [9.17, 15) is 0 Å². The van der Waals surface area contributed by atoms with E-state index in [-0.39, 0.29) is 34.0 Å². The molecule has 0 saturated carbocycles. The number of fused-ring (bicyclic) bond motifs is 3. The van der Waals surface area contributed by atoms with Crippen LogP contribution in [0.3, 0.4) is 0 Å². The van der Waals surface area contributed by atoms with E-state index in [0.717, 1.165) is 11.0 Å². The number of para-hydroxylation sites is 1. The quantitative estimate of drug-likeness (QED) is 0.240. The third kappa shape index (κ3) is 5.28. The van der Waals surface area contributed by atoms with Crippen LogP contribution in [0.25, 0.3) is 21.8 Å². The van der Waals surface area contributed by atoms with E-state index in [1.54, 1.807) is 0 Å². The van der Waals surface area contributed by atoms with Gasteiger partial charge in [0.05, 0.1) is 27.7 Å². The molecular formula is C20H29Br2N3. The molecule has 0 aliphatic heterocycles. The average Bonchev–Trinajstić information content (AvgIpc) is 2.87. The number of unbranched alkanes of at least 4 members (excludes halogenated alkanes) is 2. The summed E-state index contributed by atoms with van der Waals surface area (Å²) in [5.41, 5.74) is 3.84. The fraction of sp³-hybridized carbons (Fsp3) is 0.450. The number of quaternary nitrogens is 1. The molecule has 3 aromatic rings. The SMILES string of the molecule is Cc1c2[nH]c3ccccc3c2cc[n+]1CCCCC[N+](C)(C)C.[Br-].[Br-]. The Kier molecular flexibility index (Phi) is 8.10. The summed E-state index contributed by atoms with van der Waals surface area (Å²) in [4.78, 5) is 3.58. The van der Waals surface area contributed by atoms with Crippen molar-refractivity contribution in [3.8, 4) is 0 Å². The molecule has 0 atom stereocenters. The number of halogens is 2. The van der Waals surface area contributed by atoms with Crippen LogP contribution in [0.5, 0.6) is 0 Å². The third-order valence-electron chi connectivity index (χ3n) is 4.69. The first kappa shape index (κ1) is 22.1. The summed E-state index contributed by atoms with van der Waals surface area (Å²) in [6.45, 7) is 4.59. The van der Waals surface area contributed by atoms with Gasteiger partial charge in [0.2, 0.25) is 5.69 Å². The normalized spacial score (nSPS) is 11.4. The summed E-state index contributed by atoms with van der Waals surface area (Å²) in [6, 6.07) is 10.8. The number of nitrogens with zero attached hydrogens (tertiary/aromatic N) is 2. The number of hydrogen-bond acceptors (Lipinski definition) is 0. The van der Waals surface area contributed by atoms with Gasteiger partial charge in [-0.25, -0.2) is 4.57 Å². The van der Waals surface area contributed by atoms with Gasteiger partial charge < -0.3 is 43.4 Å². The van der Waals surface area contributed by atoms with Crippen LogP contribution in [0.15, 0.2) is 36.5 Å². The van der Waals surface area contributed by atoms with Gasteiger partial charge in [-0.15, -0.1) is 0 Å². The lowest BCUT2D eigenvalue weighted by molar-refractivity contribution is -0.870. The maximum absolute atomic E-state index is 3.58. The van der Waals surface area contributed by atoms with Gasteiger partial charge in [-0.2, -0.15) is 0 Å². The Bertz CT molecular complexity index is 819. The minimum Gasteiger partial charge on any atom is -1.00 e. The monoisotopic (exact) mass is 469 g/mol. The molecule has 138 valence electrons. The summed E-state index contributed by atoms with van der Waals surface area (Å²) in [5.74, 6) is 0. The number of benzene rings is 1. The van der Waals surface area contributed by atoms with Crippen LogP contribution in [0.4, 0.5) is 0 Å². The summed E-state index contributed by atoms with van der Waals surface area (Å²) in [7, 11) is 6.80. The molecule has 3 nitrogen and oxygen atoms in total. The fourth-order valence-electron chi connectivity index (χ4n) is 3.33. The second-order valence-electron chi connectivity index (χ2n) is 7.63. The van der Waals surface area contributed by atoms with Gasteiger partial charge in [0.15, 0.2) is 6.20 Å². The van der Waals surface area contributed by atoms with Crippen molar-refractivity contribution >= 4 is 21.8 Å². The van der Waals surface area contributed by atoms with Crippen molar-refractivity contribution in [2.45, 2.75) is 32.7 Å². The van der Waals surface area contributed by atoms with E-state index in [1.807, 2.05) is 0 Å². The second kappa shape index (κ2) is 9.15. The van der Waals surface area contributed by atoms with Crippen molar-refractivity contribution in [3.63, 3.8) is 0 Å². The summed E-state index contributed by atoms with van der Waals surface area (Å²) < 4.78 is 3.46. The van der Waals surface area contributed by atoms with Crippen molar-refractivity contribution in [2.75, 3.05) is 27.7 Å². The Labute approximate surface area is 172 Å². The van der Waals surface area contributed by atoms with E-state index in [4.69, 9.17) is 0 Å². The van der Waals surface area contributed by atoms with Gasteiger partial charge in [0, 0.05) is 35.7 Å². The molecule has 0 aliphatic rings. The summed E-state index contributed by atoms with van der Waals surface area (Å²) in [5, 5.41) is 2.65. The third-order valence-corrected chi connectivity index (χ3v) is 4.69. The first-order valence-electron chi connectivity index (χ1n) is 8.66. The number of H-pyrrole nitrogens is 1. The molecule has 0 amide bonds. The molecule has 1 aromatic carbocycles. The van der Waals surface area contributed by atoms with Gasteiger partial charge in [0.25, 0.3) is 0 Å². The molecule has 0 fully saturated rings. The maximum atomic E-state index is 3.58. The fourth-order valence-corrected chi connectivity index (χ4v) is 3.33. The number of aromatic amines is 1. The minimum absolute atomic E-state index is 0. The lowest BCUT2D eigenvalue weighted by atomic mass is 10.1. The van der Waals surface area contributed by atoms with Crippen LogP contribution in [-0.4, -0.2) is 37.2 Å². The molecule has 3 rings (SSSR count). The highest BCUT2D eigenvalue weighted by Gasteiger charge is 2.14. The smallest absolute Gasteiger partial charge is 0.202 e. The zero-order valence-corrected chi connectivity index (χ0v) is 18.8. The Hall–Kier alpha value is -0.910. The first-order chi connectivity index (χ1) is 11.0. The molecule has 0 spiro atoms. The Balaban J connectivity index is 0.00000156. The maximum Gasteiger partial charge on any atom is 0.202 e. The van der Waals surface area contributed by atoms with E-state index < -0.39 is 0 Å². The largest absolute Gasteiger partial charge is 1.00 e. The highest BCUT2D eigenvalue weighted by molar-refractivity contribution is 6.07. The molecule has 2 aromatic heterocycles. The molecular weight excluding hydrogens is 442 g/mol. The first-order valence-corrected chi connectivity index (χ1v) is 8.66. The van der Waals surface area contributed by atoms with Crippen molar-refractivity contribution in [3.05, 3.63) is 42.2 Å². The van der Waals surface area contributed by atoms with Crippen LogP contribution < -0.4 is 38.5 Å². The van der Waals surface area contributed by atoms with E-state index in [1.165, 1.54) is 53.3 Å². The number of aryl methyl sites for hydroxylation is 2. The van der Waals surface area contributed by atoms with Gasteiger partial charge in [-0.05, 0) is 18.9 Å². The minimum atomic E-state index is 0.